The van der Waals surface area contributed by atoms with Gasteiger partial charge in [0.25, 0.3) is 0 Å². The van der Waals surface area contributed by atoms with Crippen molar-refractivity contribution in [3.05, 3.63) is 102 Å². The van der Waals surface area contributed by atoms with Crippen LogP contribution in [0.15, 0.2) is 79.0 Å². The molecular formula is C25H27FN2O. The number of amides is 1. The molecule has 0 unspecified atom stereocenters. The van der Waals surface area contributed by atoms with Gasteiger partial charge in [-0.25, -0.2) is 4.39 Å². The number of carbonyl (C=O) groups is 1. The zero-order valence-corrected chi connectivity index (χ0v) is 16.8. The third kappa shape index (κ3) is 6.18. The van der Waals surface area contributed by atoms with E-state index in [2.05, 4.69) is 11.5 Å². The van der Waals surface area contributed by atoms with Crippen molar-refractivity contribution in [2.45, 2.75) is 32.9 Å². The summed E-state index contributed by atoms with van der Waals surface area (Å²) in [5.41, 5.74) is 2.94. The van der Waals surface area contributed by atoms with Crippen LogP contribution in [-0.4, -0.2) is 21.9 Å². The minimum absolute atomic E-state index is 0.000749. The van der Waals surface area contributed by atoms with Crippen LogP contribution in [0.1, 0.15) is 36.6 Å². The molecule has 0 aliphatic rings. The summed E-state index contributed by atoms with van der Waals surface area (Å²) in [5.74, 6) is -0.234. The van der Waals surface area contributed by atoms with Gasteiger partial charge in [-0.3, -0.25) is 4.79 Å². The molecule has 1 amide bonds. The normalized spacial score (nSPS) is 11.1. The number of hydrogen-bond acceptors (Lipinski definition) is 1. The predicted octanol–water partition coefficient (Wildman–Crippen LogP) is 5.52. The molecule has 1 aromatic heterocycles. The van der Waals surface area contributed by atoms with Crippen LogP contribution in [0.5, 0.6) is 0 Å². The van der Waals surface area contributed by atoms with Crippen LogP contribution < -0.4 is 0 Å². The SMILES string of the molecule is CCCCN(Cc1cccn1Cc1cccc(F)c1)C(=O)/C=C/c1ccccc1. The Kier molecular flexibility index (Phi) is 7.40. The van der Waals surface area contributed by atoms with Gasteiger partial charge in [0.1, 0.15) is 5.82 Å². The Morgan fingerprint density at radius 2 is 1.90 bits per heavy atom. The lowest BCUT2D eigenvalue weighted by Gasteiger charge is -2.22. The quantitative estimate of drug-likeness (QED) is 0.442. The van der Waals surface area contributed by atoms with Crippen LogP contribution in [0.3, 0.4) is 0 Å². The average Bonchev–Trinajstić information content (AvgIpc) is 3.16. The molecule has 1 heterocycles. The third-order valence-corrected chi connectivity index (χ3v) is 4.83. The Labute approximate surface area is 172 Å². The first-order chi connectivity index (χ1) is 14.2. The summed E-state index contributed by atoms with van der Waals surface area (Å²) in [7, 11) is 0. The van der Waals surface area contributed by atoms with Crippen LogP contribution >= 0.6 is 0 Å². The smallest absolute Gasteiger partial charge is 0.246 e. The Hall–Kier alpha value is -3.14. The maximum atomic E-state index is 13.5. The van der Waals surface area contributed by atoms with E-state index in [0.717, 1.165) is 29.7 Å². The van der Waals surface area contributed by atoms with Gasteiger partial charge in [-0.2, -0.15) is 0 Å². The number of unbranched alkanes of at least 4 members (excludes halogenated alkanes) is 1. The number of aromatic nitrogens is 1. The van der Waals surface area contributed by atoms with Crippen LogP contribution in [-0.2, 0) is 17.9 Å². The van der Waals surface area contributed by atoms with Crippen molar-refractivity contribution in [2.24, 2.45) is 0 Å². The molecule has 0 atom stereocenters. The lowest BCUT2D eigenvalue weighted by atomic mass is 10.2. The first-order valence-electron chi connectivity index (χ1n) is 10.1. The van der Waals surface area contributed by atoms with Crippen molar-refractivity contribution >= 4 is 12.0 Å². The van der Waals surface area contributed by atoms with Crippen molar-refractivity contribution in [3.63, 3.8) is 0 Å². The van der Waals surface area contributed by atoms with Crippen molar-refractivity contribution in [3.8, 4) is 0 Å². The second-order valence-electron chi connectivity index (χ2n) is 7.11. The molecule has 3 rings (SSSR count). The van der Waals surface area contributed by atoms with E-state index in [1.165, 1.54) is 6.07 Å². The predicted molar refractivity (Wildman–Crippen MR) is 116 cm³/mol. The van der Waals surface area contributed by atoms with Gasteiger partial charge >= 0.3 is 0 Å². The molecule has 0 fully saturated rings. The fourth-order valence-electron chi connectivity index (χ4n) is 3.23. The van der Waals surface area contributed by atoms with Crippen LogP contribution in [0.2, 0.25) is 0 Å². The third-order valence-electron chi connectivity index (χ3n) is 4.83. The zero-order chi connectivity index (χ0) is 20.5. The van der Waals surface area contributed by atoms with E-state index in [-0.39, 0.29) is 11.7 Å². The van der Waals surface area contributed by atoms with Crippen LogP contribution in [0.25, 0.3) is 6.08 Å². The van der Waals surface area contributed by atoms with Gasteiger partial charge in [0.15, 0.2) is 0 Å². The molecular weight excluding hydrogens is 363 g/mol. The highest BCUT2D eigenvalue weighted by Gasteiger charge is 2.13. The molecule has 2 aromatic carbocycles. The molecule has 0 aliphatic heterocycles. The Bertz CT molecular complexity index is 946. The van der Waals surface area contributed by atoms with Gasteiger partial charge < -0.3 is 9.47 Å². The van der Waals surface area contributed by atoms with Gasteiger partial charge in [0, 0.05) is 31.1 Å². The summed E-state index contributed by atoms with van der Waals surface area (Å²) in [6.45, 7) is 3.94. The van der Waals surface area contributed by atoms with Crippen molar-refractivity contribution in [1.82, 2.24) is 9.47 Å². The molecule has 29 heavy (non-hydrogen) atoms. The van der Waals surface area contributed by atoms with Gasteiger partial charge in [-0.05, 0) is 47.9 Å². The van der Waals surface area contributed by atoms with E-state index in [1.54, 1.807) is 18.2 Å². The molecule has 4 heteroatoms. The van der Waals surface area contributed by atoms with Gasteiger partial charge in [0.05, 0.1) is 6.54 Å². The van der Waals surface area contributed by atoms with Crippen molar-refractivity contribution in [2.75, 3.05) is 6.54 Å². The first kappa shape index (κ1) is 20.6. The van der Waals surface area contributed by atoms with Gasteiger partial charge in [-0.15, -0.1) is 0 Å². The summed E-state index contributed by atoms with van der Waals surface area (Å²) in [6.07, 6.45) is 7.45. The number of hydrogen-bond donors (Lipinski definition) is 0. The monoisotopic (exact) mass is 390 g/mol. The molecule has 0 radical (unpaired) electrons. The van der Waals surface area contributed by atoms with E-state index in [4.69, 9.17) is 0 Å². The van der Waals surface area contributed by atoms with Crippen molar-refractivity contribution < 1.29 is 9.18 Å². The molecule has 0 N–H and O–H groups in total. The maximum Gasteiger partial charge on any atom is 0.246 e. The molecule has 0 spiro atoms. The zero-order valence-electron chi connectivity index (χ0n) is 16.8. The van der Waals surface area contributed by atoms with Gasteiger partial charge in [0.2, 0.25) is 5.91 Å². The maximum absolute atomic E-state index is 13.5. The second kappa shape index (κ2) is 10.4. The minimum Gasteiger partial charge on any atom is -0.345 e. The highest BCUT2D eigenvalue weighted by Crippen LogP contribution is 2.13. The summed E-state index contributed by atoms with van der Waals surface area (Å²) < 4.78 is 15.6. The summed E-state index contributed by atoms with van der Waals surface area (Å²) in [6, 6.07) is 20.4. The molecule has 0 bridgehead atoms. The average molecular weight is 391 g/mol. The molecule has 3 nitrogen and oxygen atoms in total. The largest absolute Gasteiger partial charge is 0.345 e. The Morgan fingerprint density at radius 1 is 1.07 bits per heavy atom. The first-order valence-corrected chi connectivity index (χ1v) is 10.1. The Morgan fingerprint density at radius 3 is 2.66 bits per heavy atom. The molecule has 150 valence electrons. The van der Waals surface area contributed by atoms with Crippen LogP contribution in [0, 0.1) is 5.82 Å². The highest BCUT2D eigenvalue weighted by molar-refractivity contribution is 5.91. The van der Waals surface area contributed by atoms with Gasteiger partial charge in [-0.1, -0.05) is 55.8 Å². The van der Waals surface area contributed by atoms with E-state index >= 15 is 0 Å². The van der Waals surface area contributed by atoms with E-state index in [0.29, 0.717) is 19.6 Å². The highest BCUT2D eigenvalue weighted by atomic mass is 19.1. The number of benzene rings is 2. The van der Waals surface area contributed by atoms with E-state index < -0.39 is 0 Å². The number of carbonyl (C=O) groups excluding carboxylic acids is 1. The standard InChI is InChI=1S/C25H27FN2O/c1-2-3-16-28(25(29)15-14-21-9-5-4-6-10-21)20-24-13-8-17-27(24)19-22-11-7-12-23(26)18-22/h4-15,17-18H,2-3,16,19-20H2,1H3/b15-14+. The lowest BCUT2D eigenvalue weighted by Crippen LogP contribution is -2.31. The summed E-state index contributed by atoms with van der Waals surface area (Å²) in [4.78, 5) is 14.7. The second-order valence-corrected chi connectivity index (χ2v) is 7.11. The summed E-state index contributed by atoms with van der Waals surface area (Å²) >= 11 is 0. The Balaban J connectivity index is 1.72. The topological polar surface area (TPSA) is 25.2 Å². The number of nitrogens with zero attached hydrogens (tertiary/aromatic N) is 2. The fourth-order valence-corrected chi connectivity index (χ4v) is 3.23. The fraction of sp³-hybridized carbons (Fsp3) is 0.240. The number of rotatable bonds is 9. The molecule has 0 aliphatic carbocycles. The number of halogens is 1. The van der Waals surface area contributed by atoms with Crippen LogP contribution in [0.4, 0.5) is 4.39 Å². The summed E-state index contributed by atoms with van der Waals surface area (Å²) in [5, 5.41) is 0. The molecule has 3 aromatic rings. The van der Waals surface area contributed by atoms with Crippen molar-refractivity contribution in [1.29, 1.82) is 0 Å². The minimum atomic E-state index is -0.234. The van der Waals surface area contributed by atoms with E-state index in [1.807, 2.05) is 65.7 Å². The molecule has 0 saturated carbocycles. The van der Waals surface area contributed by atoms with E-state index in [9.17, 15) is 9.18 Å². The molecule has 0 saturated heterocycles. The lowest BCUT2D eigenvalue weighted by molar-refractivity contribution is -0.126.